The molecule has 2 N–H and O–H groups in total. The Bertz CT molecular complexity index is 417. The van der Waals surface area contributed by atoms with Crippen LogP contribution in [0.25, 0.3) is 0 Å². The molecule has 1 amide bonds. The summed E-state index contributed by atoms with van der Waals surface area (Å²) in [5, 5.41) is 6.25. The van der Waals surface area contributed by atoms with Gasteiger partial charge < -0.3 is 10.6 Å². The molecule has 1 unspecified atom stereocenters. The quantitative estimate of drug-likeness (QED) is 0.760. The zero-order chi connectivity index (χ0) is 11.0. The topological polar surface area (TPSA) is 41.1 Å². The molecule has 1 aromatic carbocycles. The van der Waals surface area contributed by atoms with Crippen LogP contribution in [0.3, 0.4) is 0 Å². The van der Waals surface area contributed by atoms with Gasteiger partial charge in [0.15, 0.2) is 0 Å². The van der Waals surface area contributed by atoms with E-state index < -0.39 is 0 Å². The van der Waals surface area contributed by atoms with Gasteiger partial charge in [-0.3, -0.25) is 4.79 Å². The van der Waals surface area contributed by atoms with Crippen LogP contribution in [0.15, 0.2) is 16.6 Å². The van der Waals surface area contributed by atoms with Crippen molar-refractivity contribution in [1.82, 2.24) is 0 Å². The van der Waals surface area contributed by atoms with Crippen molar-refractivity contribution in [3.63, 3.8) is 0 Å². The van der Waals surface area contributed by atoms with Crippen LogP contribution in [0, 0.1) is 6.92 Å². The van der Waals surface area contributed by atoms with E-state index in [2.05, 4.69) is 26.6 Å². The summed E-state index contributed by atoms with van der Waals surface area (Å²) in [6.45, 7) is 3.99. The first-order valence-corrected chi connectivity index (χ1v) is 5.72. The fourth-order valence-electron chi connectivity index (χ4n) is 1.81. The molecule has 1 aliphatic rings. The van der Waals surface area contributed by atoms with Crippen molar-refractivity contribution in [1.29, 1.82) is 0 Å². The van der Waals surface area contributed by atoms with Crippen LogP contribution in [-0.4, -0.2) is 11.9 Å². The van der Waals surface area contributed by atoms with Crippen molar-refractivity contribution in [2.75, 3.05) is 10.6 Å². The fraction of sp³-hybridized carbons (Fsp3) is 0.364. The van der Waals surface area contributed by atoms with Crippen molar-refractivity contribution in [3.05, 3.63) is 22.2 Å². The second-order valence-corrected chi connectivity index (χ2v) is 4.86. The molecule has 2 rings (SSSR count). The summed E-state index contributed by atoms with van der Waals surface area (Å²) < 4.78 is 1.02. The van der Waals surface area contributed by atoms with Gasteiger partial charge in [-0.15, -0.1) is 0 Å². The van der Waals surface area contributed by atoms with Crippen LogP contribution in [0.2, 0.25) is 0 Å². The van der Waals surface area contributed by atoms with Crippen molar-refractivity contribution in [2.24, 2.45) is 0 Å². The monoisotopic (exact) mass is 268 g/mol. The van der Waals surface area contributed by atoms with Gasteiger partial charge in [0.2, 0.25) is 5.91 Å². The highest BCUT2D eigenvalue weighted by Gasteiger charge is 2.18. The maximum atomic E-state index is 11.5. The summed E-state index contributed by atoms with van der Waals surface area (Å²) in [4.78, 5) is 11.5. The van der Waals surface area contributed by atoms with Crippen molar-refractivity contribution in [3.8, 4) is 0 Å². The third-order valence-corrected chi connectivity index (χ3v) is 2.92. The van der Waals surface area contributed by atoms with Crippen LogP contribution >= 0.6 is 15.9 Å². The Morgan fingerprint density at radius 3 is 2.93 bits per heavy atom. The minimum Gasteiger partial charge on any atom is -0.380 e. The van der Waals surface area contributed by atoms with E-state index in [0.29, 0.717) is 6.42 Å². The van der Waals surface area contributed by atoms with E-state index in [0.717, 1.165) is 21.4 Å². The molecule has 1 atom stereocenters. The smallest absolute Gasteiger partial charge is 0.226 e. The summed E-state index contributed by atoms with van der Waals surface area (Å²) in [6, 6.07) is 4.15. The van der Waals surface area contributed by atoms with E-state index >= 15 is 0 Å². The summed E-state index contributed by atoms with van der Waals surface area (Å²) in [5.74, 6) is 0.0687. The van der Waals surface area contributed by atoms with Crippen molar-refractivity contribution in [2.45, 2.75) is 26.3 Å². The predicted molar refractivity (Wildman–Crippen MR) is 65.2 cm³/mol. The molecule has 15 heavy (non-hydrogen) atoms. The number of aryl methyl sites for hydroxylation is 1. The molecule has 0 bridgehead atoms. The molecule has 3 nitrogen and oxygen atoms in total. The highest BCUT2D eigenvalue weighted by molar-refractivity contribution is 9.10. The van der Waals surface area contributed by atoms with Gasteiger partial charge in [-0.1, -0.05) is 15.9 Å². The third kappa shape index (κ3) is 2.15. The average molecular weight is 269 g/mol. The number of anilines is 2. The lowest BCUT2D eigenvalue weighted by Crippen LogP contribution is -2.18. The number of amides is 1. The van der Waals surface area contributed by atoms with Crippen molar-refractivity contribution >= 4 is 33.2 Å². The molecule has 0 saturated heterocycles. The lowest BCUT2D eigenvalue weighted by atomic mass is 10.1. The molecule has 0 radical (unpaired) electrons. The van der Waals surface area contributed by atoms with Gasteiger partial charge in [-0.05, 0) is 31.5 Å². The van der Waals surface area contributed by atoms with E-state index in [9.17, 15) is 4.79 Å². The minimum atomic E-state index is 0.0687. The lowest BCUT2D eigenvalue weighted by Gasteiger charge is -2.13. The number of hydrogen-bond donors (Lipinski definition) is 2. The summed E-state index contributed by atoms with van der Waals surface area (Å²) >= 11 is 3.45. The van der Waals surface area contributed by atoms with Gasteiger partial charge in [0, 0.05) is 16.9 Å². The van der Waals surface area contributed by atoms with Crippen LogP contribution in [0.4, 0.5) is 11.4 Å². The highest BCUT2D eigenvalue weighted by Crippen LogP contribution is 2.32. The summed E-state index contributed by atoms with van der Waals surface area (Å²) in [5.41, 5.74) is 2.95. The third-order valence-electron chi connectivity index (χ3n) is 2.46. The molecular weight excluding hydrogens is 256 g/mol. The predicted octanol–water partition coefficient (Wildman–Crippen LogP) is 2.90. The highest BCUT2D eigenvalue weighted by atomic mass is 79.9. The molecule has 1 aliphatic heterocycles. The molecule has 1 heterocycles. The Labute approximate surface area is 97.4 Å². The zero-order valence-corrected chi connectivity index (χ0v) is 10.3. The number of hydrogen-bond acceptors (Lipinski definition) is 2. The first-order chi connectivity index (χ1) is 7.06. The number of rotatable bonds is 0. The average Bonchev–Trinajstić information content (AvgIpc) is 2.22. The largest absolute Gasteiger partial charge is 0.380 e. The SMILES string of the molecule is Cc1cc(Br)cc2c1NC(=O)CC(C)N2. The van der Waals surface area contributed by atoms with Gasteiger partial charge in [0.1, 0.15) is 0 Å². The molecule has 0 aromatic heterocycles. The fourth-order valence-corrected chi connectivity index (χ4v) is 2.38. The van der Waals surface area contributed by atoms with Gasteiger partial charge in [0.05, 0.1) is 11.4 Å². The number of benzene rings is 1. The minimum absolute atomic E-state index is 0.0687. The molecule has 0 spiro atoms. The van der Waals surface area contributed by atoms with E-state index in [1.54, 1.807) is 0 Å². The molecule has 80 valence electrons. The Morgan fingerprint density at radius 2 is 2.20 bits per heavy atom. The van der Waals surface area contributed by atoms with Crippen LogP contribution in [0.1, 0.15) is 18.9 Å². The molecule has 1 aromatic rings. The van der Waals surface area contributed by atoms with Crippen LogP contribution in [0.5, 0.6) is 0 Å². The summed E-state index contributed by atoms with van der Waals surface area (Å²) in [7, 11) is 0. The van der Waals surface area contributed by atoms with E-state index in [-0.39, 0.29) is 11.9 Å². The number of carbonyl (C=O) groups excluding carboxylic acids is 1. The zero-order valence-electron chi connectivity index (χ0n) is 8.73. The van der Waals surface area contributed by atoms with E-state index in [1.807, 2.05) is 26.0 Å². The van der Waals surface area contributed by atoms with Crippen LogP contribution in [-0.2, 0) is 4.79 Å². The van der Waals surface area contributed by atoms with Gasteiger partial charge in [-0.25, -0.2) is 0 Å². The van der Waals surface area contributed by atoms with E-state index in [1.165, 1.54) is 0 Å². The Balaban J connectivity index is 2.50. The summed E-state index contributed by atoms with van der Waals surface area (Å²) in [6.07, 6.45) is 0.506. The Morgan fingerprint density at radius 1 is 1.47 bits per heavy atom. The molecule has 0 aliphatic carbocycles. The first kappa shape index (κ1) is 10.5. The number of carbonyl (C=O) groups is 1. The Hall–Kier alpha value is -1.03. The van der Waals surface area contributed by atoms with E-state index in [4.69, 9.17) is 0 Å². The molecule has 0 fully saturated rings. The molecular formula is C11H13BrN2O. The maximum absolute atomic E-state index is 11.5. The maximum Gasteiger partial charge on any atom is 0.226 e. The van der Waals surface area contributed by atoms with Gasteiger partial charge in [-0.2, -0.15) is 0 Å². The van der Waals surface area contributed by atoms with Gasteiger partial charge >= 0.3 is 0 Å². The number of nitrogens with one attached hydrogen (secondary N) is 2. The second-order valence-electron chi connectivity index (χ2n) is 3.94. The van der Waals surface area contributed by atoms with Crippen molar-refractivity contribution < 1.29 is 4.79 Å². The number of fused-ring (bicyclic) bond motifs is 1. The molecule has 4 heteroatoms. The van der Waals surface area contributed by atoms with Gasteiger partial charge in [0.25, 0.3) is 0 Å². The Kier molecular flexibility index (Phi) is 2.69. The second kappa shape index (κ2) is 3.85. The van der Waals surface area contributed by atoms with Crippen LogP contribution < -0.4 is 10.6 Å². The molecule has 0 saturated carbocycles. The number of halogens is 1. The first-order valence-electron chi connectivity index (χ1n) is 4.93. The standard InChI is InChI=1S/C11H13BrN2O/c1-6-3-8(12)5-9-11(6)14-10(15)4-7(2)13-9/h3,5,7,13H,4H2,1-2H3,(H,14,15). The lowest BCUT2D eigenvalue weighted by molar-refractivity contribution is -0.116. The normalized spacial score (nSPS) is 19.9.